The lowest BCUT2D eigenvalue weighted by Gasteiger charge is -2.25. The number of para-hydroxylation sites is 1. The molecule has 0 saturated carbocycles. The number of fused-ring (bicyclic) bond motifs is 1. The van der Waals surface area contributed by atoms with E-state index in [0.717, 1.165) is 0 Å². The zero-order chi connectivity index (χ0) is 15.5. The van der Waals surface area contributed by atoms with Gasteiger partial charge >= 0.3 is 5.97 Å². The normalized spacial score (nSPS) is 21.1. The summed E-state index contributed by atoms with van der Waals surface area (Å²) in [6, 6.07) is 5.14. The highest BCUT2D eigenvalue weighted by Gasteiger charge is 2.30. The van der Waals surface area contributed by atoms with E-state index in [9.17, 15) is 9.59 Å². The van der Waals surface area contributed by atoms with Gasteiger partial charge in [0.2, 0.25) is 0 Å². The van der Waals surface area contributed by atoms with Crippen LogP contribution in [-0.4, -0.2) is 61.4 Å². The Balaban J connectivity index is 1.85. The van der Waals surface area contributed by atoms with E-state index in [2.05, 4.69) is 0 Å². The molecule has 0 radical (unpaired) electrons. The van der Waals surface area contributed by atoms with Crippen molar-refractivity contribution in [2.45, 2.75) is 0 Å². The molecule has 1 saturated heterocycles. The molecule has 22 heavy (non-hydrogen) atoms. The smallest absolute Gasteiger partial charge is 0.310 e. The van der Waals surface area contributed by atoms with Crippen molar-refractivity contribution in [3.8, 4) is 11.5 Å². The quantitative estimate of drug-likeness (QED) is 0.862. The van der Waals surface area contributed by atoms with Crippen molar-refractivity contribution in [2.75, 3.05) is 39.5 Å². The van der Waals surface area contributed by atoms with Crippen LogP contribution in [0.2, 0.25) is 0 Å². The first-order valence-electron chi connectivity index (χ1n) is 7.15. The molecule has 0 spiro atoms. The van der Waals surface area contributed by atoms with E-state index in [4.69, 9.17) is 19.3 Å². The summed E-state index contributed by atoms with van der Waals surface area (Å²) in [6.07, 6.45) is 0. The Kier molecular flexibility index (Phi) is 4.15. The maximum Gasteiger partial charge on any atom is 0.310 e. The van der Waals surface area contributed by atoms with Crippen LogP contribution in [0.5, 0.6) is 11.5 Å². The third-order valence-electron chi connectivity index (χ3n) is 3.70. The van der Waals surface area contributed by atoms with Crippen molar-refractivity contribution in [3.63, 3.8) is 0 Å². The van der Waals surface area contributed by atoms with Crippen molar-refractivity contribution >= 4 is 11.9 Å². The first kappa shape index (κ1) is 14.6. The predicted octanol–water partition coefficient (Wildman–Crippen LogP) is 0.631. The molecule has 1 unspecified atom stereocenters. The summed E-state index contributed by atoms with van der Waals surface area (Å²) in [5, 5.41) is 9.16. The van der Waals surface area contributed by atoms with Gasteiger partial charge in [0.05, 0.1) is 24.7 Å². The first-order chi connectivity index (χ1) is 10.7. The summed E-state index contributed by atoms with van der Waals surface area (Å²) in [5.74, 6) is -0.981. The highest BCUT2D eigenvalue weighted by atomic mass is 16.6. The molecule has 0 bridgehead atoms. The molecule has 1 N–H and O–H groups in total. The largest absolute Gasteiger partial charge is 0.486 e. The van der Waals surface area contributed by atoms with Gasteiger partial charge in [0.25, 0.3) is 5.91 Å². The molecule has 1 aromatic rings. The van der Waals surface area contributed by atoms with Gasteiger partial charge in [-0.05, 0) is 12.1 Å². The standard InChI is InChI=1S/C15H17NO6/c17-14(16-4-5-20-9-10(8-16)15(18)19)11-2-1-3-12-13(11)22-7-6-21-12/h1-3,10H,4-9H2,(H,18,19). The highest BCUT2D eigenvalue weighted by molar-refractivity contribution is 5.98. The Morgan fingerprint density at radius 1 is 1.18 bits per heavy atom. The van der Waals surface area contributed by atoms with Gasteiger partial charge in [0.15, 0.2) is 11.5 Å². The Hall–Kier alpha value is -2.28. The number of aliphatic carboxylic acids is 1. The summed E-state index contributed by atoms with van der Waals surface area (Å²) in [4.78, 5) is 25.4. The summed E-state index contributed by atoms with van der Waals surface area (Å²) >= 11 is 0. The van der Waals surface area contributed by atoms with Gasteiger partial charge in [-0.2, -0.15) is 0 Å². The molecule has 1 aromatic carbocycles. The lowest BCUT2D eigenvalue weighted by atomic mass is 10.1. The minimum Gasteiger partial charge on any atom is -0.486 e. The van der Waals surface area contributed by atoms with Gasteiger partial charge in [-0.1, -0.05) is 6.07 Å². The van der Waals surface area contributed by atoms with Gasteiger partial charge in [-0.15, -0.1) is 0 Å². The number of hydrogen-bond donors (Lipinski definition) is 1. The van der Waals surface area contributed by atoms with Crippen LogP contribution in [0.3, 0.4) is 0 Å². The van der Waals surface area contributed by atoms with E-state index in [1.165, 1.54) is 4.90 Å². The molecule has 1 amide bonds. The van der Waals surface area contributed by atoms with Crippen LogP contribution in [0.1, 0.15) is 10.4 Å². The maximum atomic E-state index is 12.7. The summed E-state index contributed by atoms with van der Waals surface area (Å²) in [6.45, 7) is 1.75. The lowest BCUT2D eigenvalue weighted by molar-refractivity contribution is -0.143. The summed E-state index contributed by atoms with van der Waals surface area (Å²) in [7, 11) is 0. The molecular weight excluding hydrogens is 290 g/mol. The molecule has 1 atom stereocenters. The second kappa shape index (κ2) is 6.23. The van der Waals surface area contributed by atoms with E-state index in [1.807, 2.05) is 0 Å². The number of ether oxygens (including phenoxy) is 3. The molecular formula is C15H17NO6. The number of carbonyl (C=O) groups is 2. The van der Waals surface area contributed by atoms with Gasteiger partial charge in [0.1, 0.15) is 13.2 Å². The van der Waals surface area contributed by atoms with Crippen LogP contribution in [0.15, 0.2) is 18.2 Å². The minimum atomic E-state index is -0.964. The van der Waals surface area contributed by atoms with Crippen molar-refractivity contribution in [1.29, 1.82) is 0 Å². The first-order valence-corrected chi connectivity index (χ1v) is 7.15. The van der Waals surface area contributed by atoms with Crippen molar-refractivity contribution in [1.82, 2.24) is 4.90 Å². The third-order valence-corrected chi connectivity index (χ3v) is 3.70. The molecule has 1 fully saturated rings. The molecule has 0 aliphatic carbocycles. The Bertz CT molecular complexity index is 587. The number of carboxylic acids is 1. The molecule has 7 nitrogen and oxygen atoms in total. The lowest BCUT2D eigenvalue weighted by Crippen LogP contribution is -2.38. The molecule has 2 aliphatic heterocycles. The zero-order valence-corrected chi connectivity index (χ0v) is 12.0. The average Bonchev–Trinajstić information content (AvgIpc) is 2.80. The minimum absolute atomic E-state index is 0.117. The Labute approximate surface area is 127 Å². The van der Waals surface area contributed by atoms with Crippen LogP contribution in [0.4, 0.5) is 0 Å². The summed E-state index contributed by atoms with van der Waals surface area (Å²) < 4.78 is 16.3. The zero-order valence-electron chi connectivity index (χ0n) is 12.0. The van der Waals surface area contributed by atoms with Crippen LogP contribution in [0.25, 0.3) is 0 Å². The maximum absolute atomic E-state index is 12.7. The van der Waals surface area contributed by atoms with Crippen LogP contribution >= 0.6 is 0 Å². The van der Waals surface area contributed by atoms with Crippen molar-refractivity contribution < 1.29 is 28.9 Å². The SMILES string of the molecule is O=C(O)C1COCCN(C(=O)c2cccc3c2OCCO3)C1. The molecule has 3 rings (SSSR count). The van der Waals surface area contributed by atoms with Crippen LogP contribution < -0.4 is 9.47 Å². The van der Waals surface area contributed by atoms with Crippen LogP contribution in [-0.2, 0) is 9.53 Å². The Morgan fingerprint density at radius 3 is 2.82 bits per heavy atom. The number of nitrogens with zero attached hydrogens (tertiary/aromatic N) is 1. The van der Waals surface area contributed by atoms with Gasteiger partial charge < -0.3 is 24.2 Å². The second-order valence-electron chi connectivity index (χ2n) is 5.19. The van der Waals surface area contributed by atoms with Crippen LogP contribution in [0, 0.1) is 5.92 Å². The molecule has 2 aliphatic rings. The van der Waals surface area contributed by atoms with Crippen molar-refractivity contribution in [3.05, 3.63) is 23.8 Å². The number of hydrogen-bond acceptors (Lipinski definition) is 5. The van der Waals surface area contributed by atoms with Crippen molar-refractivity contribution in [2.24, 2.45) is 5.92 Å². The fraction of sp³-hybridized carbons (Fsp3) is 0.467. The molecule has 7 heteroatoms. The molecule has 0 aromatic heterocycles. The fourth-order valence-electron chi connectivity index (χ4n) is 2.56. The number of rotatable bonds is 2. The van der Waals surface area contributed by atoms with E-state index in [1.54, 1.807) is 18.2 Å². The van der Waals surface area contributed by atoms with Gasteiger partial charge in [-0.25, -0.2) is 0 Å². The monoisotopic (exact) mass is 307 g/mol. The average molecular weight is 307 g/mol. The van der Waals surface area contributed by atoms with E-state index in [0.29, 0.717) is 43.4 Å². The van der Waals surface area contributed by atoms with Gasteiger partial charge in [0, 0.05) is 13.1 Å². The van der Waals surface area contributed by atoms with Gasteiger partial charge in [-0.3, -0.25) is 9.59 Å². The number of carboxylic acid groups (broad SMARTS) is 1. The number of benzene rings is 1. The fourth-order valence-corrected chi connectivity index (χ4v) is 2.56. The topological polar surface area (TPSA) is 85.3 Å². The van der Waals surface area contributed by atoms with E-state index < -0.39 is 11.9 Å². The van der Waals surface area contributed by atoms with E-state index in [-0.39, 0.29) is 19.1 Å². The number of carbonyl (C=O) groups excluding carboxylic acids is 1. The highest BCUT2D eigenvalue weighted by Crippen LogP contribution is 2.34. The third kappa shape index (κ3) is 2.85. The predicted molar refractivity (Wildman–Crippen MR) is 75.3 cm³/mol. The molecule has 2 heterocycles. The number of amides is 1. The van der Waals surface area contributed by atoms with E-state index >= 15 is 0 Å². The molecule has 118 valence electrons. The summed E-state index contributed by atoms with van der Waals surface area (Å²) in [5.41, 5.74) is 0.392. The Morgan fingerprint density at radius 2 is 2.00 bits per heavy atom. The second-order valence-corrected chi connectivity index (χ2v) is 5.19.